The van der Waals surface area contributed by atoms with Crippen molar-refractivity contribution in [3.63, 3.8) is 0 Å². The predicted molar refractivity (Wildman–Crippen MR) is 77.1 cm³/mol. The summed E-state index contributed by atoms with van der Waals surface area (Å²) in [5.74, 6) is 3.04. The lowest BCUT2D eigenvalue weighted by Gasteiger charge is -2.14. The van der Waals surface area contributed by atoms with Gasteiger partial charge < -0.3 is 18.9 Å². The molecule has 0 unspecified atom stereocenters. The Bertz CT molecular complexity index is 619. The third kappa shape index (κ3) is 1.90. The molecule has 0 amide bonds. The maximum absolute atomic E-state index is 6.38. The van der Waals surface area contributed by atoms with E-state index >= 15 is 0 Å². The van der Waals surface area contributed by atoms with Gasteiger partial charge in [0, 0.05) is 0 Å². The summed E-state index contributed by atoms with van der Waals surface area (Å²) in [6, 6.07) is 11.6. The minimum Gasteiger partial charge on any atom is -0.454 e. The van der Waals surface area contributed by atoms with E-state index in [1.165, 1.54) is 0 Å². The van der Waals surface area contributed by atoms with E-state index in [0.29, 0.717) is 0 Å². The predicted octanol–water partition coefficient (Wildman–Crippen LogP) is 1.66. The molecule has 0 atom stereocenters. The van der Waals surface area contributed by atoms with Crippen LogP contribution in [0.15, 0.2) is 36.4 Å². The first kappa shape index (κ1) is 11.9. The molecule has 0 fully saturated rings. The third-order valence-electron chi connectivity index (χ3n) is 3.27. The SMILES string of the molecule is [B]P(c1ccc2c(c1)OCO2)c1ccc2c(c1)OCO2. The van der Waals surface area contributed by atoms with Gasteiger partial charge in [-0.1, -0.05) is 19.9 Å². The molecule has 2 aromatic carbocycles. The molecule has 0 aromatic heterocycles. The monoisotopic (exact) mass is 284 g/mol. The number of rotatable bonds is 2. The fourth-order valence-electron chi connectivity index (χ4n) is 2.22. The second-order valence-corrected chi connectivity index (χ2v) is 6.22. The van der Waals surface area contributed by atoms with Gasteiger partial charge in [0.1, 0.15) is 7.57 Å². The maximum Gasteiger partial charge on any atom is 0.231 e. The van der Waals surface area contributed by atoms with Crippen molar-refractivity contribution in [1.29, 1.82) is 0 Å². The van der Waals surface area contributed by atoms with Crippen LogP contribution in [-0.4, -0.2) is 21.2 Å². The highest BCUT2D eigenvalue weighted by Crippen LogP contribution is 2.38. The average molecular weight is 284 g/mol. The lowest BCUT2D eigenvalue weighted by molar-refractivity contribution is 0.173. The lowest BCUT2D eigenvalue weighted by atomic mass is 10.3. The van der Waals surface area contributed by atoms with Crippen molar-refractivity contribution >= 4 is 26.0 Å². The van der Waals surface area contributed by atoms with Crippen molar-refractivity contribution in [1.82, 2.24) is 0 Å². The molecule has 0 saturated heterocycles. The van der Waals surface area contributed by atoms with Crippen LogP contribution >= 0.6 is 7.80 Å². The zero-order valence-corrected chi connectivity index (χ0v) is 11.4. The van der Waals surface area contributed by atoms with Gasteiger partial charge in [-0.05, 0) is 34.9 Å². The highest BCUT2D eigenvalue weighted by atomic mass is 31.1. The highest BCUT2D eigenvalue weighted by molar-refractivity contribution is 7.94. The Kier molecular flexibility index (Phi) is 2.74. The molecular formula is C14H10BO4P. The highest BCUT2D eigenvalue weighted by Gasteiger charge is 2.19. The van der Waals surface area contributed by atoms with Gasteiger partial charge in [-0.3, -0.25) is 0 Å². The van der Waals surface area contributed by atoms with Crippen LogP contribution in [0.4, 0.5) is 0 Å². The first-order valence-corrected chi connectivity index (χ1v) is 7.56. The summed E-state index contributed by atoms with van der Waals surface area (Å²) >= 11 is 0. The summed E-state index contributed by atoms with van der Waals surface area (Å²) in [5.41, 5.74) is 0. The van der Waals surface area contributed by atoms with Gasteiger partial charge in [-0.25, -0.2) is 0 Å². The Morgan fingerprint density at radius 2 is 1.15 bits per heavy atom. The molecule has 0 bridgehead atoms. The van der Waals surface area contributed by atoms with Gasteiger partial charge in [-0.2, -0.15) is 0 Å². The molecule has 0 spiro atoms. The maximum atomic E-state index is 6.38. The molecular weight excluding hydrogens is 274 g/mol. The van der Waals surface area contributed by atoms with Gasteiger partial charge in [0.05, 0.1) is 0 Å². The third-order valence-corrected chi connectivity index (χ3v) is 4.94. The van der Waals surface area contributed by atoms with Crippen LogP contribution in [0.2, 0.25) is 0 Å². The van der Waals surface area contributed by atoms with Crippen LogP contribution in [0.5, 0.6) is 23.0 Å². The van der Waals surface area contributed by atoms with E-state index in [9.17, 15) is 0 Å². The smallest absolute Gasteiger partial charge is 0.231 e. The van der Waals surface area contributed by atoms with E-state index < -0.39 is 7.80 Å². The molecule has 20 heavy (non-hydrogen) atoms. The number of ether oxygens (including phenoxy) is 4. The van der Waals surface area contributed by atoms with Crippen LogP contribution in [-0.2, 0) is 0 Å². The van der Waals surface area contributed by atoms with E-state index in [2.05, 4.69) is 0 Å². The molecule has 2 radical (unpaired) electrons. The van der Waals surface area contributed by atoms with Crippen molar-refractivity contribution < 1.29 is 18.9 Å². The molecule has 2 aliphatic rings. The van der Waals surface area contributed by atoms with Crippen molar-refractivity contribution in [2.45, 2.75) is 0 Å². The molecule has 98 valence electrons. The zero-order valence-electron chi connectivity index (χ0n) is 10.5. The van der Waals surface area contributed by atoms with Crippen LogP contribution in [0.25, 0.3) is 0 Å². The van der Waals surface area contributed by atoms with E-state index in [1.807, 2.05) is 36.4 Å². The summed E-state index contributed by atoms with van der Waals surface area (Å²) in [4.78, 5) is 0. The second-order valence-electron chi connectivity index (χ2n) is 4.45. The lowest BCUT2D eigenvalue weighted by Crippen LogP contribution is -2.11. The standard InChI is InChI=1S/C14H10BO4P/c15-20(9-1-3-11-13(5-9)18-7-16-11)10-2-4-12-14(6-10)19-8-17-12/h1-6H,7-8H2. The van der Waals surface area contributed by atoms with Gasteiger partial charge in [0.15, 0.2) is 23.0 Å². The number of hydrogen-bond acceptors (Lipinski definition) is 4. The number of benzene rings is 2. The van der Waals surface area contributed by atoms with Gasteiger partial charge >= 0.3 is 0 Å². The minimum absolute atomic E-state index is 0.269. The largest absolute Gasteiger partial charge is 0.454 e. The van der Waals surface area contributed by atoms with Gasteiger partial charge in [0.2, 0.25) is 13.6 Å². The molecule has 4 rings (SSSR count). The second kappa shape index (κ2) is 4.60. The van der Waals surface area contributed by atoms with Crippen molar-refractivity contribution in [3.05, 3.63) is 36.4 Å². The molecule has 6 heteroatoms. The summed E-state index contributed by atoms with van der Waals surface area (Å²) in [6.45, 7) is 0.538. The van der Waals surface area contributed by atoms with Crippen LogP contribution in [0.3, 0.4) is 0 Å². The Labute approximate surface area is 118 Å². The quantitative estimate of drug-likeness (QED) is 0.621. The van der Waals surface area contributed by atoms with E-state index in [4.69, 9.17) is 26.5 Å². The fourth-order valence-corrected chi connectivity index (χ4v) is 3.50. The topological polar surface area (TPSA) is 36.9 Å². The number of hydrogen-bond donors (Lipinski definition) is 0. The summed E-state index contributed by atoms with van der Waals surface area (Å²) < 4.78 is 21.4. The van der Waals surface area contributed by atoms with Crippen molar-refractivity contribution in [2.75, 3.05) is 13.6 Å². The summed E-state index contributed by atoms with van der Waals surface area (Å²) in [6.07, 6.45) is 0. The Morgan fingerprint density at radius 1 is 0.700 bits per heavy atom. The number of fused-ring (bicyclic) bond motifs is 2. The minimum atomic E-state index is -0.955. The van der Waals surface area contributed by atoms with Crippen LogP contribution in [0, 0.1) is 0 Å². The average Bonchev–Trinajstić information content (AvgIpc) is 3.13. The molecule has 0 saturated carbocycles. The molecule has 0 N–H and O–H groups in total. The first-order valence-electron chi connectivity index (χ1n) is 6.15. The molecule has 2 aromatic rings. The fraction of sp³-hybridized carbons (Fsp3) is 0.143. The first-order chi connectivity index (χ1) is 9.81. The zero-order chi connectivity index (χ0) is 13.5. The van der Waals surface area contributed by atoms with E-state index in [-0.39, 0.29) is 13.6 Å². The van der Waals surface area contributed by atoms with Crippen molar-refractivity contribution in [3.8, 4) is 23.0 Å². The van der Waals surface area contributed by atoms with Crippen molar-refractivity contribution in [2.24, 2.45) is 0 Å². The van der Waals surface area contributed by atoms with E-state index in [0.717, 1.165) is 33.6 Å². The Morgan fingerprint density at radius 3 is 1.65 bits per heavy atom. The molecule has 0 aliphatic carbocycles. The van der Waals surface area contributed by atoms with Gasteiger partial charge in [-0.15, -0.1) is 0 Å². The van der Waals surface area contributed by atoms with Crippen LogP contribution in [0.1, 0.15) is 0 Å². The normalized spacial score (nSPS) is 14.8. The summed E-state index contributed by atoms with van der Waals surface area (Å²) in [5, 5.41) is 2.06. The molecule has 2 aliphatic heterocycles. The summed E-state index contributed by atoms with van der Waals surface area (Å²) in [7, 11) is 5.42. The van der Waals surface area contributed by atoms with Gasteiger partial charge in [0.25, 0.3) is 0 Å². The molecule has 4 nitrogen and oxygen atoms in total. The Balaban J connectivity index is 1.68. The molecule has 2 heterocycles. The van der Waals surface area contributed by atoms with Crippen LogP contribution < -0.4 is 29.6 Å². The Hall–Kier alpha value is -1.87. The van der Waals surface area contributed by atoms with E-state index in [1.54, 1.807) is 0 Å².